The first-order chi connectivity index (χ1) is 9.66. The van der Waals surface area contributed by atoms with Crippen LogP contribution in [0.25, 0.3) is 0 Å². The molecule has 1 fully saturated rings. The zero-order valence-electron chi connectivity index (χ0n) is 11.0. The molecule has 2 rings (SSSR count). The van der Waals surface area contributed by atoms with Crippen LogP contribution in [0.15, 0.2) is 24.3 Å². The van der Waals surface area contributed by atoms with Crippen LogP contribution < -0.4 is 5.32 Å². The maximum Gasteiger partial charge on any atom is 0.335 e. The van der Waals surface area contributed by atoms with Crippen LogP contribution >= 0.6 is 0 Å². The summed E-state index contributed by atoms with van der Waals surface area (Å²) in [4.78, 5) is 22.9. The van der Waals surface area contributed by atoms with Crippen molar-refractivity contribution in [2.24, 2.45) is 0 Å². The van der Waals surface area contributed by atoms with Gasteiger partial charge in [-0.3, -0.25) is 4.79 Å². The second-order valence-corrected chi connectivity index (χ2v) is 4.51. The number of hydrogen-bond donors (Lipinski definition) is 2. The number of rotatable bonds is 5. The highest BCUT2D eigenvalue weighted by atomic mass is 16.6. The Morgan fingerprint density at radius 3 is 2.80 bits per heavy atom. The number of nitrogens with one attached hydrogen (secondary N) is 1. The van der Waals surface area contributed by atoms with Gasteiger partial charge < -0.3 is 19.9 Å². The summed E-state index contributed by atoms with van der Waals surface area (Å²) < 4.78 is 10.6. The zero-order chi connectivity index (χ0) is 14.4. The molecule has 1 unspecified atom stereocenters. The summed E-state index contributed by atoms with van der Waals surface area (Å²) in [5, 5.41) is 11.8. The van der Waals surface area contributed by atoms with Crippen molar-refractivity contribution < 1.29 is 24.2 Å². The van der Waals surface area contributed by atoms with Crippen LogP contribution in [0.2, 0.25) is 0 Å². The van der Waals surface area contributed by atoms with Crippen molar-refractivity contribution in [3.63, 3.8) is 0 Å². The number of ether oxygens (including phenoxy) is 2. The highest BCUT2D eigenvalue weighted by Gasteiger charge is 2.16. The lowest BCUT2D eigenvalue weighted by Crippen LogP contribution is -2.40. The first-order valence-corrected chi connectivity index (χ1v) is 6.44. The Balaban J connectivity index is 1.86. The first-order valence-electron chi connectivity index (χ1n) is 6.44. The molecule has 6 heteroatoms. The molecule has 0 radical (unpaired) electrons. The minimum Gasteiger partial charge on any atom is -0.478 e. The molecule has 1 aliphatic heterocycles. The number of benzene rings is 1. The van der Waals surface area contributed by atoms with Crippen LogP contribution in [0, 0.1) is 0 Å². The van der Waals surface area contributed by atoms with Gasteiger partial charge in [0.2, 0.25) is 5.91 Å². The Morgan fingerprint density at radius 2 is 2.10 bits per heavy atom. The topological polar surface area (TPSA) is 84.9 Å². The van der Waals surface area contributed by atoms with Gasteiger partial charge in [-0.2, -0.15) is 0 Å². The van der Waals surface area contributed by atoms with Crippen molar-refractivity contribution in [2.45, 2.75) is 12.5 Å². The molecule has 0 aromatic heterocycles. The maximum atomic E-state index is 11.8. The SMILES string of the molecule is O=C(Cc1ccccc1C(=O)O)NCC1COCCO1. The second-order valence-electron chi connectivity index (χ2n) is 4.51. The van der Waals surface area contributed by atoms with Crippen LogP contribution in [0.1, 0.15) is 15.9 Å². The van der Waals surface area contributed by atoms with E-state index >= 15 is 0 Å². The molecule has 1 aromatic carbocycles. The highest BCUT2D eigenvalue weighted by Crippen LogP contribution is 2.09. The average Bonchev–Trinajstić information content (AvgIpc) is 2.46. The largest absolute Gasteiger partial charge is 0.478 e. The van der Waals surface area contributed by atoms with E-state index in [0.717, 1.165) is 0 Å². The molecular formula is C14H17NO5. The van der Waals surface area contributed by atoms with Gasteiger partial charge in [0.1, 0.15) is 0 Å². The monoisotopic (exact) mass is 279 g/mol. The predicted octanol–water partition coefficient (Wildman–Crippen LogP) is 0.459. The van der Waals surface area contributed by atoms with Crippen molar-refractivity contribution in [1.82, 2.24) is 5.32 Å². The minimum atomic E-state index is -1.03. The fourth-order valence-corrected chi connectivity index (χ4v) is 2.00. The number of carbonyl (C=O) groups is 2. The molecule has 0 saturated carbocycles. The van der Waals surface area contributed by atoms with Gasteiger partial charge in [-0.1, -0.05) is 18.2 Å². The van der Waals surface area contributed by atoms with E-state index in [1.54, 1.807) is 18.2 Å². The van der Waals surface area contributed by atoms with E-state index in [1.807, 2.05) is 0 Å². The lowest BCUT2D eigenvalue weighted by molar-refractivity contribution is -0.123. The highest BCUT2D eigenvalue weighted by molar-refractivity contribution is 5.91. The predicted molar refractivity (Wildman–Crippen MR) is 70.7 cm³/mol. The molecular weight excluding hydrogens is 262 g/mol. The van der Waals surface area contributed by atoms with E-state index in [-0.39, 0.29) is 24.0 Å². The molecule has 0 bridgehead atoms. The van der Waals surface area contributed by atoms with Crippen molar-refractivity contribution in [2.75, 3.05) is 26.4 Å². The Hall–Kier alpha value is -1.92. The van der Waals surface area contributed by atoms with Gasteiger partial charge in [0.25, 0.3) is 0 Å². The molecule has 0 spiro atoms. The summed E-state index contributed by atoms with van der Waals surface area (Å²) in [6.45, 7) is 1.94. The van der Waals surface area contributed by atoms with Crippen LogP contribution in [-0.2, 0) is 20.7 Å². The number of carboxylic acids is 1. The van der Waals surface area contributed by atoms with E-state index in [1.165, 1.54) is 6.07 Å². The van der Waals surface area contributed by atoms with E-state index in [0.29, 0.717) is 31.9 Å². The molecule has 0 aliphatic carbocycles. The van der Waals surface area contributed by atoms with Gasteiger partial charge in [0, 0.05) is 6.54 Å². The van der Waals surface area contributed by atoms with E-state index in [9.17, 15) is 9.59 Å². The van der Waals surface area contributed by atoms with Gasteiger partial charge in [-0.05, 0) is 11.6 Å². The number of carboxylic acid groups (broad SMARTS) is 1. The summed E-state index contributed by atoms with van der Waals surface area (Å²) in [6, 6.07) is 6.48. The fourth-order valence-electron chi connectivity index (χ4n) is 2.00. The molecule has 1 atom stereocenters. The maximum absolute atomic E-state index is 11.8. The summed E-state index contributed by atoms with van der Waals surface area (Å²) in [7, 11) is 0. The standard InChI is InChI=1S/C14H17NO5/c16-13(15-8-11-9-19-5-6-20-11)7-10-3-1-2-4-12(10)14(17)18/h1-4,11H,5-9H2,(H,15,16)(H,17,18). The van der Waals surface area contributed by atoms with Crippen molar-refractivity contribution in [3.05, 3.63) is 35.4 Å². The van der Waals surface area contributed by atoms with E-state index < -0.39 is 5.97 Å². The third-order valence-corrected chi connectivity index (χ3v) is 3.01. The summed E-state index contributed by atoms with van der Waals surface area (Å²) in [5.74, 6) is -1.26. The smallest absolute Gasteiger partial charge is 0.335 e. The van der Waals surface area contributed by atoms with Crippen LogP contribution in [-0.4, -0.2) is 49.5 Å². The number of hydrogen-bond acceptors (Lipinski definition) is 4. The quantitative estimate of drug-likeness (QED) is 0.818. The van der Waals surface area contributed by atoms with Gasteiger partial charge in [0.15, 0.2) is 0 Å². The molecule has 1 heterocycles. The molecule has 1 aliphatic rings. The van der Waals surface area contributed by atoms with Crippen LogP contribution in [0.5, 0.6) is 0 Å². The van der Waals surface area contributed by atoms with Gasteiger partial charge >= 0.3 is 5.97 Å². The number of carbonyl (C=O) groups excluding carboxylic acids is 1. The van der Waals surface area contributed by atoms with E-state index in [4.69, 9.17) is 14.6 Å². The van der Waals surface area contributed by atoms with Gasteiger partial charge in [0.05, 0.1) is 37.9 Å². The average molecular weight is 279 g/mol. The zero-order valence-corrected chi connectivity index (χ0v) is 11.0. The molecule has 20 heavy (non-hydrogen) atoms. The lowest BCUT2D eigenvalue weighted by Gasteiger charge is -2.23. The lowest BCUT2D eigenvalue weighted by atomic mass is 10.0. The Morgan fingerprint density at radius 1 is 1.30 bits per heavy atom. The van der Waals surface area contributed by atoms with Crippen molar-refractivity contribution in [1.29, 1.82) is 0 Å². The second kappa shape index (κ2) is 7.02. The summed E-state index contributed by atoms with van der Waals surface area (Å²) >= 11 is 0. The first kappa shape index (κ1) is 14.5. The molecule has 1 aromatic rings. The third-order valence-electron chi connectivity index (χ3n) is 3.01. The van der Waals surface area contributed by atoms with Crippen molar-refractivity contribution in [3.8, 4) is 0 Å². The Labute approximate surface area is 116 Å². The number of amides is 1. The van der Waals surface area contributed by atoms with Gasteiger partial charge in [-0.15, -0.1) is 0 Å². The molecule has 108 valence electrons. The fraction of sp³-hybridized carbons (Fsp3) is 0.429. The molecule has 1 amide bonds. The molecule has 1 saturated heterocycles. The summed E-state index contributed by atoms with van der Waals surface area (Å²) in [5.41, 5.74) is 0.651. The van der Waals surface area contributed by atoms with Crippen LogP contribution in [0.4, 0.5) is 0 Å². The molecule has 2 N–H and O–H groups in total. The van der Waals surface area contributed by atoms with Gasteiger partial charge in [-0.25, -0.2) is 4.79 Å². The summed E-state index contributed by atoms with van der Waals surface area (Å²) in [6.07, 6.45) is -0.0989. The third kappa shape index (κ3) is 4.04. The Bertz CT molecular complexity index is 482. The number of aromatic carboxylic acids is 1. The van der Waals surface area contributed by atoms with Crippen molar-refractivity contribution >= 4 is 11.9 Å². The normalized spacial score (nSPS) is 18.5. The van der Waals surface area contributed by atoms with Crippen LogP contribution in [0.3, 0.4) is 0 Å². The Kier molecular flexibility index (Phi) is 5.09. The molecule has 6 nitrogen and oxygen atoms in total. The minimum absolute atomic E-state index is 0.0377. The van der Waals surface area contributed by atoms with E-state index in [2.05, 4.69) is 5.32 Å².